The molecule has 130 valence electrons. The molecular weight excluding hydrogens is 306 g/mol. The van der Waals surface area contributed by atoms with Crippen LogP contribution in [0.4, 0.5) is 0 Å². The van der Waals surface area contributed by atoms with Gasteiger partial charge in [-0.25, -0.2) is 0 Å². The van der Waals surface area contributed by atoms with Gasteiger partial charge in [0.15, 0.2) is 0 Å². The van der Waals surface area contributed by atoms with Crippen LogP contribution in [0.1, 0.15) is 27.7 Å². The number of carbonyl (C=O) groups excluding carboxylic acids is 2. The van der Waals surface area contributed by atoms with Gasteiger partial charge in [0, 0.05) is 38.9 Å². The maximum Gasteiger partial charge on any atom is 1.00 e. The van der Waals surface area contributed by atoms with Gasteiger partial charge in [-0.15, -0.1) is 0 Å². The Morgan fingerprint density at radius 1 is 0.739 bits per heavy atom. The molecule has 0 amide bonds. The third-order valence-corrected chi connectivity index (χ3v) is 0.167. The monoisotopic (exact) mass is 330 g/mol. The molecule has 0 heterocycles. The smallest absolute Gasteiger partial charge is 0.550 e. The van der Waals surface area contributed by atoms with Gasteiger partial charge in [-0.3, -0.25) is 9.59 Å². The summed E-state index contributed by atoms with van der Waals surface area (Å²) in [4.78, 5) is 35.8. The molecule has 0 aliphatic heterocycles. The Hall–Kier alpha value is -1.05. The Labute approximate surface area is 159 Å². The summed E-state index contributed by atoms with van der Waals surface area (Å²) in [7, 11) is 0. The number of hydrogen-bond donors (Lipinski definition) is 4. The maximum atomic E-state index is 9.00. The molecule has 0 atom stereocenters. The number of aliphatic carboxylic acids is 4. The Morgan fingerprint density at radius 2 is 0.783 bits per heavy atom. The van der Waals surface area contributed by atoms with E-state index in [0.29, 0.717) is 13.1 Å². The predicted octanol–water partition coefficient (Wildman–Crippen LogP) is -10.2. The Balaban J connectivity index is -0.0000000197. The number of carboxylic acids is 4. The molecule has 11 nitrogen and oxygen atoms in total. The van der Waals surface area contributed by atoms with Gasteiger partial charge in [0.25, 0.3) is 11.9 Å². The van der Waals surface area contributed by atoms with Crippen molar-refractivity contribution in [2.45, 2.75) is 27.7 Å². The molecule has 0 radical (unpaired) electrons. The fraction of sp³-hybridized carbons (Fsp3) is 0.600. The summed E-state index contributed by atoms with van der Waals surface area (Å²) in [5, 5.41) is 32.6. The first kappa shape index (κ1) is 49.5. The van der Waals surface area contributed by atoms with E-state index in [4.69, 9.17) is 51.1 Å². The van der Waals surface area contributed by atoms with Crippen molar-refractivity contribution in [1.82, 2.24) is 0 Å². The zero-order chi connectivity index (χ0) is 17.7. The van der Waals surface area contributed by atoms with Crippen molar-refractivity contribution in [2.75, 3.05) is 13.1 Å². The molecule has 0 bridgehead atoms. The van der Waals surface area contributed by atoms with Crippen LogP contribution in [0.25, 0.3) is 0 Å². The number of carboxylic acid groups (broad SMARTS) is 4. The topological polar surface area (TPSA) is 238 Å². The molecule has 0 rings (SSSR count). The zero-order valence-corrected chi connectivity index (χ0v) is 14.4. The molecule has 0 aromatic heterocycles. The third-order valence-electron chi connectivity index (χ3n) is 0.167. The first-order valence-corrected chi connectivity index (χ1v) is 4.99. The number of nitrogens with two attached hydrogens (primary N) is 2. The van der Waals surface area contributed by atoms with Crippen LogP contribution in [-0.2, 0) is 19.2 Å². The van der Waals surface area contributed by atoms with E-state index in [2.05, 4.69) is 0 Å². The summed E-state index contributed by atoms with van der Waals surface area (Å²) in [5.41, 5.74) is 9.81. The SMILES string of the molecule is CC(=O)O.CC(=O)O.CC(=O)[O-].CC(=O)[O-].NCCN.O.[Li+].[Li+]. The standard InChI is InChI=1S/C2H8N2.4C2H4O2.2Li.H2O/c3-1-2-4;4*1-2(3)4;;;/h1-4H2;4*1H3,(H,3,4);;;1H2/q;;;;;2*+1;/p-2. The summed E-state index contributed by atoms with van der Waals surface area (Å²) >= 11 is 0. The molecule has 0 aliphatic carbocycles. The first-order chi connectivity index (χ1) is 8.84. The molecule has 23 heavy (non-hydrogen) atoms. The fourth-order valence-corrected chi connectivity index (χ4v) is 0. The van der Waals surface area contributed by atoms with Crippen molar-refractivity contribution in [3.63, 3.8) is 0 Å². The largest absolute Gasteiger partial charge is 1.00 e. The number of rotatable bonds is 1. The van der Waals surface area contributed by atoms with Crippen LogP contribution in [0.15, 0.2) is 0 Å². The quantitative estimate of drug-likeness (QED) is 0.331. The summed E-state index contributed by atoms with van der Waals surface area (Å²) in [5.74, 6) is -3.83. The molecule has 13 heteroatoms. The van der Waals surface area contributed by atoms with E-state index in [1.54, 1.807) is 0 Å². The average Bonchev–Trinajstić information content (AvgIpc) is 2.13. The third kappa shape index (κ3) is 3690000. The van der Waals surface area contributed by atoms with Crippen molar-refractivity contribution in [2.24, 2.45) is 11.5 Å². The van der Waals surface area contributed by atoms with Gasteiger partial charge in [0.1, 0.15) is 0 Å². The van der Waals surface area contributed by atoms with Crippen molar-refractivity contribution >= 4 is 23.9 Å². The van der Waals surface area contributed by atoms with E-state index in [1.165, 1.54) is 0 Å². The van der Waals surface area contributed by atoms with Crippen LogP contribution in [0, 0.1) is 0 Å². The summed E-state index contributed by atoms with van der Waals surface area (Å²) in [6, 6.07) is 0. The van der Waals surface area contributed by atoms with E-state index < -0.39 is 23.9 Å². The van der Waals surface area contributed by atoms with Crippen molar-refractivity contribution in [3.8, 4) is 0 Å². The van der Waals surface area contributed by atoms with Crippen LogP contribution in [0.3, 0.4) is 0 Å². The van der Waals surface area contributed by atoms with Gasteiger partial charge in [-0.05, 0) is 13.8 Å². The van der Waals surface area contributed by atoms with Crippen LogP contribution in [0.5, 0.6) is 0 Å². The Morgan fingerprint density at radius 3 is 0.783 bits per heavy atom. The van der Waals surface area contributed by atoms with E-state index in [9.17, 15) is 0 Å². The second-order valence-corrected chi connectivity index (χ2v) is 2.60. The average molecular weight is 330 g/mol. The minimum Gasteiger partial charge on any atom is -0.550 e. The van der Waals surface area contributed by atoms with Crippen LogP contribution >= 0.6 is 0 Å². The summed E-state index contributed by atoms with van der Waals surface area (Å²) < 4.78 is 0. The minimum atomic E-state index is -1.08. The molecule has 0 saturated carbocycles. The van der Waals surface area contributed by atoms with Gasteiger partial charge >= 0.3 is 37.7 Å². The molecule has 0 aromatic rings. The van der Waals surface area contributed by atoms with Gasteiger partial charge in [-0.2, -0.15) is 0 Å². The predicted molar refractivity (Wildman–Crippen MR) is 69.7 cm³/mol. The Kier molecular flexibility index (Phi) is 107. The zero-order valence-electron chi connectivity index (χ0n) is 14.4. The van der Waals surface area contributed by atoms with Crippen molar-refractivity contribution < 1.29 is 82.8 Å². The van der Waals surface area contributed by atoms with E-state index in [1.807, 2.05) is 0 Å². The van der Waals surface area contributed by atoms with Crippen LogP contribution in [-0.4, -0.2) is 52.7 Å². The molecule has 0 saturated heterocycles. The Bertz CT molecular complexity index is 201. The maximum absolute atomic E-state index is 9.00. The number of hydrogen-bond acceptors (Lipinski definition) is 8. The molecule has 0 spiro atoms. The molecule has 8 N–H and O–H groups in total. The van der Waals surface area contributed by atoms with Gasteiger partial charge in [0.05, 0.1) is 0 Å². The van der Waals surface area contributed by atoms with Crippen LogP contribution < -0.4 is 59.4 Å². The van der Waals surface area contributed by atoms with Crippen molar-refractivity contribution in [3.05, 3.63) is 0 Å². The van der Waals surface area contributed by atoms with E-state index in [0.717, 1.165) is 27.7 Å². The minimum absolute atomic E-state index is 0. The first-order valence-electron chi connectivity index (χ1n) is 4.99. The van der Waals surface area contributed by atoms with Gasteiger partial charge < -0.3 is 47.0 Å². The number of carbonyl (C=O) groups is 4. The summed E-state index contributed by atoms with van der Waals surface area (Å²) in [6.45, 7) is 5.31. The second kappa shape index (κ2) is 49.7. The van der Waals surface area contributed by atoms with Crippen LogP contribution in [0.2, 0.25) is 0 Å². The summed E-state index contributed by atoms with van der Waals surface area (Å²) in [6.07, 6.45) is 0. The molecule has 0 aliphatic rings. The van der Waals surface area contributed by atoms with E-state index in [-0.39, 0.29) is 43.2 Å². The van der Waals surface area contributed by atoms with Crippen molar-refractivity contribution in [1.29, 1.82) is 0 Å². The van der Waals surface area contributed by atoms with Gasteiger partial charge in [-0.1, -0.05) is 0 Å². The molecule has 0 aromatic carbocycles. The van der Waals surface area contributed by atoms with E-state index >= 15 is 0 Å². The molecule has 0 unspecified atom stereocenters. The second-order valence-electron chi connectivity index (χ2n) is 2.60. The molecule has 0 fully saturated rings. The fourth-order valence-electron chi connectivity index (χ4n) is 0. The van der Waals surface area contributed by atoms with Gasteiger partial charge in [0.2, 0.25) is 0 Å². The molecular formula is C10H24Li2N2O9. The normalized spacial score (nSPS) is 5.65.